The van der Waals surface area contributed by atoms with E-state index in [4.69, 9.17) is 0 Å². The minimum absolute atomic E-state index is 0.140. The molecule has 0 fully saturated rings. The fourth-order valence-electron chi connectivity index (χ4n) is 4.12. The van der Waals surface area contributed by atoms with Crippen LogP contribution in [0.1, 0.15) is 56.7 Å². The Hall–Kier alpha value is -2.87. The zero-order valence-corrected chi connectivity index (χ0v) is 22.4. The molecule has 35 heavy (non-hydrogen) atoms. The van der Waals surface area contributed by atoms with Crippen molar-refractivity contribution < 1.29 is 18.0 Å². The third-order valence-corrected chi connectivity index (χ3v) is 7.15. The van der Waals surface area contributed by atoms with Gasteiger partial charge in [-0.1, -0.05) is 55.8 Å². The number of nitrogens with one attached hydrogen (secondary N) is 1. The van der Waals surface area contributed by atoms with E-state index in [1.165, 1.54) is 10.6 Å². The summed E-state index contributed by atoms with van der Waals surface area (Å²) in [6, 6.07) is 14.7. The number of amides is 2. The second-order valence-corrected chi connectivity index (χ2v) is 10.7. The summed E-state index contributed by atoms with van der Waals surface area (Å²) in [6.07, 6.45) is 3.02. The predicted molar refractivity (Wildman–Crippen MR) is 142 cm³/mol. The Morgan fingerprint density at radius 2 is 1.69 bits per heavy atom. The van der Waals surface area contributed by atoms with Gasteiger partial charge in [-0.2, -0.15) is 0 Å². The van der Waals surface area contributed by atoms with Crippen molar-refractivity contribution in [3.63, 3.8) is 0 Å². The highest BCUT2D eigenvalue weighted by Gasteiger charge is 2.28. The number of hydrogen-bond acceptors (Lipinski definition) is 4. The number of carbonyl (C=O) groups is 2. The average Bonchev–Trinajstić information content (AvgIpc) is 2.81. The highest BCUT2D eigenvalue weighted by molar-refractivity contribution is 7.92. The summed E-state index contributed by atoms with van der Waals surface area (Å²) >= 11 is 0. The maximum absolute atomic E-state index is 13.4. The number of nitrogens with zero attached hydrogens (tertiary/aromatic N) is 2. The normalized spacial score (nSPS) is 12.1. The van der Waals surface area contributed by atoms with Gasteiger partial charge in [-0.15, -0.1) is 0 Å². The van der Waals surface area contributed by atoms with Crippen LogP contribution in [0.15, 0.2) is 48.5 Å². The molecule has 0 unspecified atom stereocenters. The zero-order valence-electron chi connectivity index (χ0n) is 21.6. The van der Waals surface area contributed by atoms with Crippen LogP contribution in [0, 0.1) is 6.92 Å². The van der Waals surface area contributed by atoms with E-state index in [0.29, 0.717) is 31.6 Å². The lowest BCUT2D eigenvalue weighted by Gasteiger charge is -2.31. The number of hydrogen-bond donors (Lipinski definition) is 1. The molecule has 1 atom stereocenters. The Labute approximate surface area is 210 Å². The topological polar surface area (TPSA) is 86.8 Å². The minimum atomic E-state index is -3.51. The van der Waals surface area contributed by atoms with E-state index in [9.17, 15) is 18.0 Å². The molecule has 0 aliphatic rings. The Balaban J connectivity index is 2.19. The third kappa shape index (κ3) is 8.38. The second kappa shape index (κ2) is 13.3. The number of aryl methyl sites for hydroxylation is 2. The van der Waals surface area contributed by atoms with Crippen molar-refractivity contribution in [1.29, 1.82) is 0 Å². The molecule has 7 nitrogen and oxygen atoms in total. The smallest absolute Gasteiger partial charge is 0.242 e. The van der Waals surface area contributed by atoms with E-state index in [1.54, 1.807) is 17.0 Å². The van der Waals surface area contributed by atoms with E-state index in [0.717, 1.165) is 23.1 Å². The molecule has 8 heteroatoms. The van der Waals surface area contributed by atoms with Crippen molar-refractivity contribution in [2.75, 3.05) is 23.7 Å². The molecule has 1 N–H and O–H groups in total. The fraction of sp³-hybridized carbons (Fsp3) is 0.481. The molecule has 0 spiro atoms. The number of likely N-dealkylation sites (N-methyl/N-ethyl adjacent to an activating group) is 1. The van der Waals surface area contributed by atoms with Gasteiger partial charge in [0.25, 0.3) is 0 Å². The van der Waals surface area contributed by atoms with Gasteiger partial charge in [0.05, 0.1) is 11.9 Å². The summed E-state index contributed by atoms with van der Waals surface area (Å²) in [5.41, 5.74) is 3.75. The Morgan fingerprint density at radius 3 is 2.23 bits per heavy atom. The number of anilines is 1. The largest absolute Gasteiger partial charge is 0.355 e. The Morgan fingerprint density at radius 1 is 1.00 bits per heavy atom. The number of carbonyl (C=O) groups excluding carboxylic acids is 2. The van der Waals surface area contributed by atoms with E-state index in [-0.39, 0.29) is 24.8 Å². The van der Waals surface area contributed by atoms with Gasteiger partial charge in [0, 0.05) is 26.1 Å². The van der Waals surface area contributed by atoms with E-state index >= 15 is 0 Å². The molecule has 0 bridgehead atoms. The third-order valence-electron chi connectivity index (χ3n) is 5.96. The SMILES string of the molecule is CCNC(=O)[C@@H](CC)N(Cc1cccc(C)c1)C(=O)CCCN(c1ccc(CC)cc1)S(C)(=O)=O. The van der Waals surface area contributed by atoms with Gasteiger partial charge in [-0.05, 0) is 56.4 Å². The number of rotatable bonds is 13. The van der Waals surface area contributed by atoms with Crippen LogP contribution in [0.2, 0.25) is 0 Å². The molecule has 2 aromatic rings. The highest BCUT2D eigenvalue weighted by atomic mass is 32.2. The Kier molecular flexibility index (Phi) is 10.8. The van der Waals surface area contributed by atoms with Crippen molar-refractivity contribution in [2.24, 2.45) is 0 Å². The second-order valence-electron chi connectivity index (χ2n) is 8.79. The molecule has 0 aromatic heterocycles. The predicted octanol–water partition coefficient (Wildman–Crippen LogP) is 4.05. The van der Waals surface area contributed by atoms with Crippen LogP contribution in [0.4, 0.5) is 5.69 Å². The molecule has 2 rings (SSSR count). The molecular weight excluding hydrogens is 462 g/mol. The van der Waals surface area contributed by atoms with Gasteiger partial charge >= 0.3 is 0 Å². The minimum Gasteiger partial charge on any atom is -0.355 e. The number of sulfonamides is 1. The van der Waals surface area contributed by atoms with Crippen LogP contribution in [0.5, 0.6) is 0 Å². The molecular formula is C27H39N3O4S. The van der Waals surface area contributed by atoms with Crippen LogP contribution in [-0.4, -0.2) is 50.5 Å². The van der Waals surface area contributed by atoms with Crippen molar-refractivity contribution in [3.05, 3.63) is 65.2 Å². The van der Waals surface area contributed by atoms with Crippen molar-refractivity contribution in [1.82, 2.24) is 10.2 Å². The molecule has 0 heterocycles. The first-order valence-electron chi connectivity index (χ1n) is 12.3. The summed E-state index contributed by atoms with van der Waals surface area (Å²) in [4.78, 5) is 27.7. The molecule has 0 saturated carbocycles. The number of benzene rings is 2. The molecule has 2 amide bonds. The first-order chi connectivity index (χ1) is 16.6. The summed E-state index contributed by atoms with van der Waals surface area (Å²) in [5, 5.41) is 2.83. The molecule has 192 valence electrons. The monoisotopic (exact) mass is 501 g/mol. The fourth-order valence-corrected chi connectivity index (χ4v) is 5.09. The van der Waals surface area contributed by atoms with Crippen LogP contribution in [0.25, 0.3) is 0 Å². The summed E-state index contributed by atoms with van der Waals surface area (Å²) < 4.78 is 26.3. The average molecular weight is 502 g/mol. The molecule has 0 radical (unpaired) electrons. The summed E-state index contributed by atoms with van der Waals surface area (Å²) in [5.74, 6) is -0.343. The summed E-state index contributed by atoms with van der Waals surface area (Å²) in [7, 11) is -3.51. The van der Waals surface area contributed by atoms with Gasteiger partial charge < -0.3 is 10.2 Å². The van der Waals surface area contributed by atoms with Gasteiger partial charge in [0.1, 0.15) is 6.04 Å². The molecule has 0 aliphatic carbocycles. The van der Waals surface area contributed by atoms with Crippen LogP contribution < -0.4 is 9.62 Å². The Bertz CT molecular complexity index is 1080. The zero-order chi connectivity index (χ0) is 26.0. The quantitative estimate of drug-likeness (QED) is 0.449. The van der Waals surface area contributed by atoms with Gasteiger partial charge in [-0.25, -0.2) is 8.42 Å². The maximum atomic E-state index is 13.4. The molecule has 0 aliphatic heterocycles. The van der Waals surface area contributed by atoms with Gasteiger partial charge in [0.15, 0.2) is 0 Å². The lowest BCUT2D eigenvalue weighted by atomic mass is 10.1. The summed E-state index contributed by atoms with van der Waals surface area (Å²) in [6.45, 7) is 8.77. The first-order valence-corrected chi connectivity index (χ1v) is 14.1. The molecule has 0 saturated heterocycles. The lowest BCUT2D eigenvalue weighted by molar-refractivity contribution is -0.141. The van der Waals surface area contributed by atoms with Crippen molar-refractivity contribution in [2.45, 2.75) is 66.0 Å². The maximum Gasteiger partial charge on any atom is 0.242 e. The first kappa shape index (κ1) is 28.4. The van der Waals surface area contributed by atoms with E-state index < -0.39 is 16.1 Å². The van der Waals surface area contributed by atoms with Gasteiger partial charge in [-0.3, -0.25) is 13.9 Å². The van der Waals surface area contributed by atoms with Crippen molar-refractivity contribution >= 4 is 27.5 Å². The van der Waals surface area contributed by atoms with Crippen molar-refractivity contribution in [3.8, 4) is 0 Å². The highest BCUT2D eigenvalue weighted by Crippen LogP contribution is 2.20. The molecule has 2 aromatic carbocycles. The van der Waals surface area contributed by atoms with Crippen LogP contribution >= 0.6 is 0 Å². The lowest BCUT2D eigenvalue weighted by Crippen LogP contribution is -2.49. The van der Waals surface area contributed by atoms with E-state index in [1.807, 2.05) is 64.1 Å². The standard InChI is InChI=1S/C27H39N3O4S/c1-6-22-14-16-24(17-15-22)30(35(5,33)34)18-10-13-26(31)29(25(7-2)27(32)28-8-3)20-23-12-9-11-21(4)19-23/h9,11-12,14-17,19,25H,6-8,10,13,18,20H2,1-5H3,(H,28,32)/t25-/m1/s1. The van der Waals surface area contributed by atoms with Crippen LogP contribution in [-0.2, 0) is 32.6 Å². The van der Waals surface area contributed by atoms with Crippen LogP contribution in [0.3, 0.4) is 0 Å². The van der Waals surface area contributed by atoms with Gasteiger partial charge in [0.2, 0.25) is 21.8 Å². The van der Waals surface area contributed by atoms with E-state index in [2.05, 4.69) is 5.32 Å².